The van der Waals surface area contributed by atoms with Crippen molar-refractivity contribution in [1.82, 2.24) is 4.90 Å². The lowest BCUT2D eigenvalue weighted by atomic mass is 9.94. The van der Waals surface area contributed by atoms with Crippen LogP contribution in [0, 0.1) is 0 Å². The molecule has 2 aromatic rings. The number of likely N-dealkylation sites (N-methyl/N-ethyl adjacent to an activating group) is 1. The molecule has 0 amide bonds. The van der Waals surface area contributed by atoms with E-state index in [0.717, 1.165) is 11.6 Å². The standard InChI is InChI=1S/C21H19NO2.ClH/c1-22(2)13-21(23)24-16-8-11-18-15(12-16)7-10-19-17-5-3-4-14(17)6-9-20(18)19;/h3-10,12H,11,13H2,1-2H3;1H. The molecule has 2 aliphatic carbocycles. The number of benzene rings is 2. The zero-order valence-corrected chi connectivity index (χ0v) is 15.1. The molecule has 0 unspecified atom stereocenters. The van der Waals surface area contributed by atoms with E-state index in [1.807, 2.05) is 26.2 Å². The van der Waals surface area contributed by atoms with Gasteiger partial charge in [0.15, 0.2) is 0 Å². The molecule has 0 N–H and O–H groups in total. The number of nitrogens with zero attached hydrogens (tertiary/aromatic N) is 1. The van der Waals surface area contributed by atoms with Gasteiger partial charge in [0.1, 0.15) is 5.76 Å². The molecule has 0 spiro atoms. The van der Waals surface area contributed by atoms with E-state index < -0.39 is 0 Å². The van der Waals surface area contributed by atoms with Gasteiger partial charge in [-0.2, -0.15) is 0 Å². The topological polar surface area (TPSA) is 29.5 Å². The molecule has 0 heterocycles. The fourth-order valence-corrected chi connectivity index (χ4v) is 3.38. The molecule has 128 valence electrons. The Labute approximate surface area is 153 Å². The van der Waals surface area contributed by atoms with Crippen molar-refractivity contribution < 1.29 is 9.53 Å². The zero-order chi connectivity index (χ0) is 16.7. The highest BCUT2D eigenvalue weighted by Gasteiger charge is 2.13. The Balaban J connectivity index is 0.00000182. The summed E-state index contributed by atoms with van der Waals surface area (Å²) in [6, 6.07) is 8.66. The van der Waals surface area contributed by atoms with E-state index in [4.69, 9.17) is 4.74 Å². The van der Waals surface area contributed by atoms with E-state index in [2.05, 4.69) is 42.5 Å². The third-order valence-electron chi connectivity index (χ3n) is 4.44. The van der Waals surface area contributed by atoms with Crippen LogP contribution in [0.5, 0.6) is 0 Å². The summed E-state index contributed by atoms with van der Waals surface area (Å²) >= 11 is 0. The minimum atomic E-state index is -0.231. The number of carbonyl (C=O) groups is 1. The van der Waals surface area contributed by atoms with Crippen molar-refractivity contribution in [1.29, 1.82) is 0 Å². The average Bonchev–Trinajstić information content (AvgIpc) is 3.02. The lowest BCUT2D eigenvalue weighted by Crippen LogP contribution is -2.24. The van der Waals surface area contributed by atoms with E-state index in [1.165, 1.54) is 27.1 Å². The fourth-order valence-electron chi connectivity index (χ4n) is 3.38. The first-order valence-corrected chi connectivity index (χ1v) is 8.12. The SMILES string of the molecule is CN(C)CC(=O)OC1=CCc2c(ccc3c4c(ccc23)=CC=C4)=C1.Cl. The number of hydrogen-bond acceptors (Lipinski definition) is 3. The highest BCUT2D eigenvalue weighted by molar-refractivity contribution is 5.96. The van der Waals surface area contributed by atoms with Crippen molar-refractivity contribution in [2.24, 2.45) is 0 Å². The summed E-state index contributed by atoms with van der Waals surface area (Å²) in [6.07, 6.45) is 11.1. The monoisotopic (exact) mass is 353 g/mol. The van der Waals surface area contributed by atoms with Gasteiger partial charge in [-0.05, 0) is 65.0 Å². The molecule has 25 heavy (non-hydrogen) atoms. The Hall–Kier alpha value is -2.36. The summed E-state index contributed by atoms with van der Waals surface area (Å²) in [5.41, 5.74) is 2.59. The number of carbonyl (C=O) groups excluding carboxylic acids is 1. The second kappa shape index (κ2) is 6.87. The summed E-state index contributed by atoms with van der Waals surface area (Å²) in [4.78, 5) is 13.6. The van der Waals surface area contributed by atoms with E-state index in [0.29, 0.717) is 5.76 Å². The molecule has 0 atom stereocenters. The Morgan fingerprint density at radius 3 is 2.68 bits per heavy atom. The molecule has 4 rings (SSSR count). The van der Waals surface area contributed by atoms with Gasteiger partial charge in [-0.1, -0.05) is 42.5 Å². The van der Waals surface area contributed by atoms with Crippen LogP contribution in [0.2, 0.25) is 0 Å². The summed E-state index contributed by atoms with van der Waals surface area (Å²) in [6.45, 7) is 0.282. The minimum absolute atomic E-state index is 0. The predicted molar refractivity (Wildman–Crippen MR) is 105 cm³/mol. The summed E-state index contributed by atoms with van der Waals surface area (Å²) < 4.78 is 5.45. The maximum atomic E-state index is 11.8. The van der Waals surface area contributed by atoms with Crippen molar-refractivity contribution in [3.05, 3.63) is 63.7 Å². The molecule has 3 nitrogen and oxygen atoms in total. The Kier molecular flexibility index (Phi) is 4.80. The number of allylic oxidation sites excluding steroid dienone is 3. The van der Waals surface area contributed by atoms with E-state index in [1.54, 1.807) is 4.90 Å². The van der Waals surface area contributed by atoms with Crippen LogP contribution in [0.1, 0.15) is 11.1 Å². The van der Waals surface area contributed by atoms with Crippen molar-refractivity contribution >= 4 is 47.4 Å². The van der Waals surface area contributed by atoms with Crippen LogP contribution in [-0.2, 0) is 16.0 Å². The normalized spacial score (nSPS) is 14.1. The van der Waals surface area contributed by atoms with Crippen LogP contribution in [0.25, 0.3) is 29.0 Å². The van der Waals surface area contributed by atoms with Crippen molar-refractivity contribution in [3.63, 3.8) is 0 Å². The molecule has 0 fully saturated rings. The second-order valence-corrected chi connectivity index (χ2v) is 6.49. The molecular weight excluding hydrogens is 334 g/mol. The molecule has 0 saturated heterocycles. The molecule has 2 aromatic carbocycles. The highest BCUT2D eigenvalue weighted by atomic mass is 35.5. The summed E-state index contributed by atoms with van der Waals surface area (Å²) in [5.74, 6) is 0.410. The minimum Gasteiger partial charge on any atom is -0.426 e. The number of fused-ring (bicyclic) bond motifs is 5. The van der Waals surface area contributed by atoms with E-state index in [-0.39, 0.29) is 24.9 Å². The third-order valence-corrected chi connectivity index (χ3v) is 4.44. The Morgan fingerprint density at radius 1 is 1.12 bits per heavy atom. The number of esters is 1. The smallest absolute Gasteiger partial charge is 0.325 e. The first kappa shape index (κ1) is 17.5. The lowest BCUT2D eigenvalue weighted by Gasteiger charge is -2.15. The predicted octanol–water partition coefficient (Wildman–Crippen LogP) is 2.39. The first-order valence-electron chi connectivity index (χ1n) is 8.12. The van der Waals surface area contributed by atoms with Gasteiger partial charge >= 0.3 is 5.97 Å². The number of hydrogen-bond donors (Lipinski definition) is 0. The van der Waals surface area contributed by atoms with Crippen LogP contribution in [-0.4, -0.2) is 31.5 Å². The molecule has 0 aromatic heterocycles. The van der Waals surface area contributed by atoms with Crippen LogP contribution in [0.4, 0.5) is 0 Å². The van der Waals surface area contributed by atoms with Crippen LogP contribution in [0.3, 0.4) is 0 Å². The Bertz CT molecular complexity index is 1030. The zero-order valence-electron chi connectivity index (χ0n) is 14.3. The maximum absolute atomic E-state index is 11.8. The fraction of sp³-hybridized carbons (Fsp3) is 0.190. The number of halogens is 1. The molecule has 0 aliphatic heterocycles. The largest absolute Gasteiger partial charge is 0.426 e. The highest BCUT2D eigenvalue weighted by Crippen LogP contribution is 2.23. The van der Waals surface area contributed by atoms with Gasteiger partial charge in [-0.25, -0.2) is 0 Å². The molecule has 0 bridgehead atoms. The quantitative estimate of drug-likeness (QED) is 0.794. The van der Waals surface area contributed by atoms with Crippen LogP contribution < -0.4 is 10.4 Å². The average molecular weight is 354 g/mol. The van der Waals surface area contributed by atoms with Crippen molar-refractivity contribution in [2.45, 2.75) is 6.42 Å². The van der Waals surface area contributed by atoms with E-state index in [9.17, 15) is 4.79 Å². The summed E-state index contributed by atoms with van der Waals surface area (Å²) in [7, 11) is 3.71. The molecule has 4 heteroatoms. The number of rotatable bonds is 3. The third kappa shape index (κ3) is 3.26. The maximum Gasteiger partial charge on any atom is 0.325 e. The van der Waals surface area contributed by atoms with Gasteiger partial charge in [0.2, 0.25) is 0 Å². The van der Waals surface area contributed by atoms with Crippen LogP contribution in [0.15, 0.2) is 42.2 Å². The van der Waals surface area contributed by atoms with E-state index >= 15 is 0 Å². The number of ether oxygens (including phenoxy) is 1. The molecular formula is C21H20ClNO2. The first-order chi connectivity index (χ1) is 11.6. The molecule has 0 saturated carbocycles. The van der Waals surface area contributed by atoms with Gasteiger partial charge in [0, 0.05) is 0 Å². The van der Waals surface area contributed by atoms with Gasteiger partial charge < -0.3 is 4.74 Å². The van der Waals surface area contributed by atoms with Gasteiger partial charge in [0.25, 0.3) is 0 Å². The summed E-state index contributed by atoms with van der Waals surface area (Å²) in [5, 5.41) is 4.96. The van der Waals surface area contributed by atoms with Gasteiger partial charge in [-0.15, -0.1) is 12.4 Å². The molecule has 2 aliphatic rings. The van der Waals surface area contributed by atoms with Crippen LogP contribution >= 0.6 is 12.4 Å². The second-order valence-electron chi connectivity index (χ2n) is 6.49. The molecule has 0 radical (unpaired) electrons. The van der Waals surface area contributed by atoms with Gasteiger partial charge in [0.05, 0.1) is 6.54 Å². The lowest BCUT2D eigenvalue weighted by molar-refractivity contribution is -0.139. The van der Waals surface area contributed by atoms with Crippen molar-refractivity contribution in [2.75, 3.05) is 20.6 Å². The van der Waals surface area contributed by atoms with Gasteiger partial charge in [-0.3, -0.25) is 9.69 Å². The van der Waals surface area contributed by atoms with Crippen molar-refractivity contribution in [3.8, 4) is 0 Å². The Morgan fingerprint density at radius 2 is 1.88 bits per heavy atom.